The summed E-state index contributed by atoms with van der Waals surface area (Å²) in [5.41, 5.74) is 0.255. The van der Waals surface area contributed by atoms with Crippen LogP contribution in [0.25, 0.3) is 0 Å². The smallest absolute Gasteiger partial charge is 0.241 e. The Labute approximate surface area is 115 Å². The highest BCUT2D eigenvalue weighted by Gasteiger charge is 2.25. The van der Waals surface area contributed by atoms with E-state index in [2.05, 4.69) is 18.6 Å². The highest BCUT2D eigenvalue weighted by atomic mass is 32.2. The van der Waals surface area contributed by atoms with Crippen LogP contribution in [0.4, 0.5) is 0 Å². The van der Waals surface area contributed by atoms with E-state index < -0.39 is 15.6 Å². The van der Waals surface area contributed by atoms with Gasteiger partial charge >= 0.3 is 0 Å². The molecule has 0 bridgehead atoms. The van der Waals surface area contributed by atoms with Crippen LogP contribution in [0.1, 0.15) is 33.3 Å². The molecule has 0 aliphatic carbocycles. The molecule has 0 fully saturated rings. The SMILES string of the molecule is CC(C)Cc1ccc(S(=O)(=O)NC(C)(C)CO)cc1. The molecule has 0 radical (unpaired) electrons. The van der Waals surface area contributed by atoms with Crippen LogP contribution in [0.5, 0.6) is 0 Å². The molecule has 4 nitrogen and oxygen atoms in total. The number of rotatable bonds is 6. The Hall–Kier alpha value is -0.910. The lowest BCUT2D eigenvalue weighted by molar-refractivity contribution is 0.208. The maximum atomic E-state index is 12.1. The predicted octanol–water partition coefficient (Wildman–Crippen LogP) is 1.93. The average molecular weight is 285 g/mol. The topological polar surface area (TPSA) is 66.4 Å². The zero-order valence-electron chi connectivity index (χ0n) is 12.0. The van der Waals surface area contributed by atoms with Crippen molar-refractivity contribution >= 4 is 10.0 Å². The summed E-state index contributed by atoms with van der Waals surface area (Å²) in [7, 11) is -3.59. The molecule has 0 unspecified atom stereocenters. The Morgan fingerprint density at radius 3 is 2.16 bits per heavy atom. The minimum absolute atomic E-state index is 0.224. The molecule has 1 aromatic rings. The van der Waals surface area contributed by atoms with Gasteiger partial charge in [0.25, 0.3) is 0 Å². The Bertz CT molecular complexity index is 504. The Morgan fingerprint density at radius 1 is 1.21 bits per heavy atom. The summed E-state index contributed by atoms with van der Waals surface area (Å²) in [4.78, 5) is 0.224. The van der Waals surface area contributed by atoms with Gasteiger partial charge in [0.1, 0.15) is 0 Å². The third-order valence-electron chi connectivity index (χ3n) is 2.68. The molecule has 0 saturated heterocycles. The zero-order valence-corrected chi connectivity index (χ0v) is 12.8. The van der Waals surface area contributed by atoms with E-state index in [1.165, 1.54) is 0 Å². The van der Waals surface area contributed by atoms with Gasteiger partial charge in [0.2, 0.25) is 10.0 Å². The van der Waals surface area contributed by atoms with E-state index >= 15 is 0 Å². The molecule has 1 rings (SSSR count). The van der Waals surface area contributed by atoms with Crippen LogP contribution in [0, 0.1) is 5.92 Å². The first-order chi connectivity index (χ1) is 8.66. The molecule has 108 valence electrons. The maximum absolute atomic E-state index is 12.1. The van der Waals surface area contributed by atoms with Crippen molar-refractivity contribution in [3.8, 4) is 0 Å². The number of sulfonamides is 1. The number of benzene rings is 1. The van der Waals surface area contributed by atoms with Crippen LogP contribution < -0.4 is 4.72 Å². The molecular weight excluding hydrogens is 262 g/mol. The molecule has 0 aliphatic rings. The van der Waals surface area contributed by atoms with Crippen LogP contribution in [0.15, 0.2) is 29.2 Å². The fourth-order valence-electron chi connectivity index (χ4n) is 1.73. The zero-order chi connectivity index (χ0) is 14.7. The van der Waals surface area contributed by atoms with E-state index in [9.17, 15) is 8.42 Å². The molecule has 1 aromatic carbocycles. The monoisotopic (exact) mass is 285 g/mol. The van der Waals surface area contributed by atoms with E-state index in [0.29, 0.717) is 5.92 Å². The molecule has 5 heteroatoms. The van der Waals surface area contributed by atoms with Crippen molar-refractivity contribution in [2.45, 2.75) is 44.6 Å². The summed E-state index contributed by atoms with van der Waals surface area (Å²) in [6, 6.07) is 6.88. The van der Waals surface area contributed by atoms with Gasteiger partial charge in [-0.3, -0.25) is 0 Å². The minimum Gasteiger partial charge on any atom is -0.394 e. The van der Waals surface area contributed by atoms with Crippen LogP contribution in [0.3, 0.4) is 0 Å². The Balaban J connectivity index is 2.91. The third-order valence-corrected chi connectivity index (χ3v) is 4.40. The number of aliphatic hydroxyl groups excluding tert-OH is 1. The summed E-state index contributed by atoms with van der Waals surface area (Å²) >= 11 is 0. The van der Waals surface area contributed by atoms with Crippen molar-refractivity contribution in [3.05, 3.63) is 29.8 Å². The first kappa shape index (κ1) is 16.1. The largest absolute Gasteiger partial charge is 0.394 e. The molecule has 0 heterocycles. The second-order valence-corrected chi connectivity index (χ2v) is 7.57. The molecule has 0 aliphatic heterocycles. The third kappa shape index (κ3) is 4.93. The van der Waals surface area contributed by atoms with Gasteiger partial charge in [-0.1, -0.05) is 26.0 Å². The lowest BCUT2D eigenvalue weighted by atomic mass is 10.0. The highest BCUT2D eigenvalue weighted by molar-refractivity contribution is 7.89. The quantitative estimate of drug-likeness (QED) is 0.839. The fraction of sp³-hybridized carbons (Fsp3) is 0.571. The molecule has 0 amide bonds. The summed E-state index contributed by atoms with van der Waals surface area (Å²) < 4.78 is 26.7. The second kappa shape index (κ2) is 6.03. The summed E-state index contributed by atoms with van der Waals surface area (Å²) in [6.45, 7) is 7.26. The van der Waals surface area contributed by atoms with Gasteiger partial charge in [-0.25, -0.2) is 13.1 Å². The number of hydrogen-bond acceptors (Lipinski definition) is 3. The molecule has 0 atom stereocenters. The fourth-order valence-corrected chi connectivity index (χ4v) is 3.14. The van der Waals surface area contributed by atoms with Gasteiger partial charge in [-0.15, -0.1) is 0 Å². The Kier molecular flexibility index (Phi) is 5.12. The van der Waals surface area contributed by atoms with E-state index in [1.807, 2.05) is 12.1 Å². The van der Waals surface area contributed by atoms with Gasteiger partial charge in [0.15, 0.2) is 0 Å². The molecule has 0 aromatic heterocycles. The number of hydrogen-bond donors (Lipinski definition) is 2. The van der Waals surface area contributed by atoms with Gasteiger partial charge in [-0.05, 0) is 43.9 Å². The van der Waals surface area contributed by atoms with Crippen molar-refractivity contribution < 1.29 is 13.5 Å². The molecule has 0 spiro atoms. The van der Waals surface area contributed by atoms with E-state index in [0.717, 1.165) is 12.0 Å². The lowest BCUT2D eigenvalue weighted by Crippen LogP contribution is -2.46. The first-order valence-electron chi connectivity index (χ1n) is 6.40. The standard InChI is InChI=1S/C14H23NO3S/c1-11(2)9-12-5-7-13(8-6-12)19(17,18)15-14(3,4)10-16/h5-8,11,15-16H,9-10H2,1-4H3. The van der Waals surface area contributed by atoms with E-state index in [-0.39, 0.29) is 11.5 Å². The average Bonchev–Trinajstić information content (AvgIpc) is 2.27. The molecule has 2 N–H and O–H groups in total. The summed E-state index contributed by atoms with van der Waals surface area (Å²) in [6.07, 6.45) is 0.926. The molecular formula is C14H23NO3S. The van der Waals surface area contributed by atoms with Gasteiger partial charge < -0.3 is 5.11 Å². The molecule has 19 heavy (non-hydrogen) atoms. The normalized spacial score (nSPS) is 12.9. The van der Waals surface area contributed by atoms with Crippen molar-refractivity contribution in [1.82, 2.24) is 4.72 Å². The number of nitrogens with one attached hydrogen (secondary N) is 1. The van der Waals surface area contributed by atoms with Crippen LogP contribution in [0.2, 0.25) is 0 Å². The van der Waals surface area contributed by atoms with Gasteiger partial charge in [0, 0.05) is 0 Å². The van der Waals surface area contributed by atoms with Crippen LogP contribution in [-0.2, 0) is 16.4 Å². The summed E-state index contributed by atoms with van der Waals surface area (Å²) in [5.74, 6) is 0.536. The van der Waals surface area contributed by atoms with Crippen LogP contribution >= 0.6 is 0 Å². The Morgan fingerprint density at radius 2 is 1.74 bits per heavy atom. The summed E-state index contributed by atoms with van der Waals surface area (Å²) in [5, 5.41) is 9.12. The lowest BCUT2D eigenvalue weighted by Gasteiger charge is -2.23. The van der Waals surface area contributed by atoms with Crippen molar-refractivity contribution in [3.63, 3.8) is 0 Å². The van der Waals surface area contributed by atoms with Crippen molar-refractivity contribution in [2.24, 2.45) is 5.92 Å². The van der Waals surface area contributed by atoms with E-state index in [4.69, 9.17) is 5.11 Å². The van der Waals surface area contributed by atoms with Crippen molar-refractivity contribution in [1.29, 1.82) is 0 Å². The van der Waals surface area contributed by atoms with Gasteiger partial charge in [0.05, 0.1) is 17.0 Å². The maximum Gasteiger partial charge on any atom is 0.241 e. The minimum atomic E-state index is -3.59. The molecule has 0 saturated carbocycles. The van der Waals surface area contributed by atoms with Gasteiger partial charge in [-0.2, -0.15) is 0 Å². The van der Waals surface area contributed by atoms with Crippen molar-refractivity contribution in [2.75, 3.05) is 6.61 Å². The van der Waals surface area contributed by atoms with E-state index in [1.54, 1.807) is 26.0 Å². The van der Waals surface area contributed by atoms with Crippen LogP contribution in [-0.4, -0.2) is 25.7 Å². The predicted molar refractivity (Wildman–Crippen MR) is 76.5 cm³/mol. The number of aliphatic hydroxyl groups is 1. The first-order valence-corrected chi connectivity index (χ1v) is 7.88. The highest BCUT2D eigenvalue weighted by Crippen LogP contribution is 2.15. The second-order valence-electron chi connectivity index (χ2n) is 5.89.